The van der Waals surface area contributed by atoms with E-state index in [0.717, 1.165) is 12.1 Å². The highest BCUT2D eigenvalue weighted by molar-refractivity contribution is 5.27. The first-order chi connectivity index (χ1) is 6.20. The van der Waals surface area contributed by atoms with E-state index < -0.39 is 17.5 Å². The Balaban J connectivity index is 2.46. The van der Waals surface area contributed by atoms with E-state index in [1.807, 2.05) is 0 Å². The van der Waals surface area contributed by atoms with E-state index in [4.69, 9.17) is 0 Å². The Morgan fingerprint density at radius 2 is 1.69 bits per heavy atom. The molecule has 1 fully saturated rings. The molecule has 0 unspecified atom stereocenters. The van der Waals surface area contributed by atoms with Crippen molar-refractivity contribution in [3.05, 3.63) is 35.1 Å². The highest BCUT2D eigenvalue weighted by Gasteiger charge is 2.27. The largest absolute Gasteiger partial charge is 0.315 e. The molecule has 1 aliphatic heterocycles. The minimum atomic E-state index is -1.05. The molecule has 0 bridgehead atoms. The van der Waals surface area contributed by atoms with Crippen molar-refractivity contribution in [3.63, 3.8) is 0 Å². The molecule has 0 spiro atoms. The fraction of sp³-hybridized carbons (Fsp3) is 0.333. The van der Waals surface area contributed by atoms with Crippen LogP contribution < -0.4 is 5.32 Å². The monoisotopic (exact) mass is 187 g/mol. The molecule has 70 valence electrons. The third kappa shape index (κ3) is 1.31. The van der Waals surface area contributed by atoms with Gasteiger partial charge in [-0.3, -0.25) is 0 Å². The lowest BCUT2D eigenvalue weighted by Crippen LogP contribution is -2.41. The fourth-order valence-electron chi connectivity index (χ4n) is 1.41. The molecule has 2 rings (SSSR count). The zero-order valence-corrected chi connectivity index (χ0v) is 6.78. The van der Waals surface area contributed by atoms with Crippen LogP contribution >= 0.6 is 0 Å². The van der Waals surface area contributed by atoms with Crippen molar-refractivity contribution in [2.45, 2.75) is 5.92 Å². The Kier molecular flexibility index (Phi) is 2.00. The van der Waals surface area contributed by atoms with Gasteiger partial charge >= 0.3 is 0 Å². The van der Waals surface area contributed by atoms with Crippen LogP contribution in [0.3, 0.4) is 0 Å². The minimum absolute atomic E-state index is 0.126. The summed E-state index contributed by atoms with van der Waals surface area (Å²) in [5, 5.41) is 2.88. The Morgan fingerprint density at radius 1 is 1.08 bits per heavy atom. The lowest BCUT2D eigenvalue weighted by atomic mass is 9.93. The molecule has 1 heterocycles. The topological polar surface area (TPSA) is 12.0 Å². The Bertz CT molecular complexity index is 334. The number of rotatable bonds is 1. The van der Waals surface area contributed by atoms with Gasteiger partial charge in [0.1, 0.15) is 5.82 Å². The molecule has 0 amide bonds. The molecule has 1 aromatic rings. The van der Waals surface area contributed by atoms with Gasteiger partial charge in [0.2, 0.25) is 0 Å². The predicted octanol–water partition coefficient (Wildman–Crippen LogP) is 1.79. The van der Waals surface area contributed by atoms with Crippen LogP contribution in [0, 0.1) is 17.5 Å². The van der Waals surface area contributed by atoms with Crippen molar-refractivity contribution in [1.82, 2.24) is 5.32 Å². The number of nitrogens with one attached hydrogen (secondary N) is 1. The summed E-state index contributed by atoms with van der Waals surface area (Å²) in [6.07, 6.45) is 0. The smallest absolute Gasteiger partial charge is 0.165 e. The number of hydrogen-bond acceptors (Lipinski definition) is 1. The van der Waals surface area contributed by atoms with Gasteiger partial charge < -0.3 is 5.32 Å². The lowest BCUT2D eigenvalue weighted by molar-refractivity contribution is 0.396. The molecule has 1 aromatic carbocycles. The Hall–Kier alpha value is -1.03. The summed E-state index contributed by atoms with van der Waals surface area (Å²) in [4.78, 5) is 0. The second-order valence-electron chi connectivity index (χ2n) is 3.11. The maximum absolute atomic E-state index is 13.1. The van der Waals surface area contributed by atoms with E-state index in [9.17, 15) is 13.2 Å². The molecular weight excluding hydrogens is 179 g/mol. The van der Waals surface area contributed by atoms with Crippen molar-refractivity contribution < 1.29 is 13.2 Å². The Morgan fingerprint density at radius 3 is 2.23 bits per heavy atom. The second-order valence-corrected chi connectivity index (χ2v) is 3.11. The van der Waals surface area contributed by atoms with Crippen LogP contribution in [-0.4, -0.2) is 13.1 Å². The zero-order chi connectivity index (χ0) is 9.42. The average Bonchev–Trinajstić information content (AvgIpc) is 2.02. The molecule has 1 N–H and O–H groups in total. The average molecular weight is 187 g/mol. The van der Waals surface area contributed by atoms with E-state index in [1.165, 1.54) is 0 Å². The molecule has 0 atom stereocenters. The van der Waals surface area contributed by atoms with Gasteiger partial charge in [0.15, 0.2) is 11.6 Å². The second kappa shape index (κ2) is 3.03. The first kappa shape index (κ1) is 8.56. The highest BCUT2D eigenvalue weighted by Crippen LogP contribution is 2.26. The van der Waals surface area contributed by atoms with Gasteiger partial charge in [0.25, 0.3) is 0 Å². The van der Waals surface area contributed by atoms with Crippen molar-refractivity contribution in [2.75, 3.05) is 13.1 Å². The van der Waals surface area contributed by atoms with E-state index in [0.29, 0.717) is 13.1 Å². The van der Waals surface area contributed by atoms with Crippen LogP contribution in [0.2, 0.25) is 0 Å². The van der Waals surface area contributed by atoms with Gasteiger partial charge in [-0.05, 0) is 12.1 Å². The maximum Gasteiger partial charge on any atom is 0.165 e. The number of halogens is 3. The summed E-state index contributed by atoms with van der Waals surface area (Å²) in [5.74, 6) is -2.92. The molecule has 0 saturated carbocycles. The van der Waals surface area contributed by atoms with Crippen molar-refractivity contribution in [1.29, 1.82) is 0 Å². The normalized spacial score (nSPS) is 17.2. The summed E-state index contributed by atoms with van der Waals surface area (Å²) in [6.45, 7) is 1.02. The van der Waals surface area contributed by atoms with Crippen LogP contribution in [0.15, 0.2) is 12.1 Å². The van der Waals surface area contributed by atoms with E-state index in [2.05, 4.69) is 5.32 Å². The zero-order valence-electron chi connectivity index (χ0n) is 6.78. The maximum atomic E-state index is 13.1. The third-order valence-corrected chi connectivity index (χ3v) is 2.27. The molecular formula is C9H8F3N. The summed E-state index contributed by atoms with van der Waals surface area (Å²) in [5.41, 5.74) is -0.126. The molecule has 0 aromatic heterocycles. The third-order valence-electron chi connectivity index (χ3n) is 2.27. The molecule has 0 aliphatic carbocycles. The van der Waals surface area contributed by atoms with Gasteiger partial charge in [-0.2, -0.15) is 0 Å². The SMILES string of the molecule is Fc1ccc(F)c(C2CNC2)c1F. The van der Waals surface area contributed by atoms with Crippen LogP contribution in [0.1, 0.15) is 11.5 Å². The van der Waals surface area contributed by atoms with Crippen LogP contribution in [0.25, 0.3) is 0 Å². The van der Waals surface area contributed by atoms with Gasteiger partial charge in [-0.15, -0.1) is 0 Å². The lowest BCUT2D eigenvalue weighted by Gasteiger charge is -2.28. The Labute approximate surface area is 73.6 Å². The summed E-state index contributed by atoms with van der Waals surface area (Å²) in [7, 11) is 0. The number of hydrogen-bond donors (Lipinski definition) is 1. The van der Waals surface area contributed by atoms with Gasteiger partial charge in [0, 0.05) is 24.6 Å². The van der Waals surface area contributed by atoms with Crippen LogP contribution in [0.4, 0.5) is 13.2 Å². The molecule has 13 heavy (non-hydrogen) atoms. The van der Waals surface area contributed by atoms with E-state index >= 15 is 0 Å². The summed E-state index contributed by atoms with van der Waals surface area (Å²) < 4.78 is 38.9. The van der Waals surface area contributed by atoms with Crippen LogP contribution in [-0.2, 0) is 0 Å². The van der Waals surface area contributed by atoms with Crippen molar-refractivity contribution in [3.8, 4) is 0 Å². The molecule has 0 radical (unpaired) electrons. The quantitative estimate of drug-likeness (QED) is 0.661. The predicted molar refractivity (Wildman–Crippen MR) is 41.9 cm³/mol. The highest BCUT2D eigenvalue weighted by atomic mass is 19.2. The molecule has 4 heteroatoms. The van der Waals surface area contributed by atoms with Gasteiger partial charge in [-0.25, -0.2) is 13.2 Å². The van der Waals surface area contributed by atoms with Crippen molar-refractivity contribution >= 4 is 0 Å². The van der Waals surface area contributed by atoms with Gasteiger partial charge in [-0.1, -0.05) is 0 Å². The molecule has 1 aliphatic rings. The van der Waals surface area contributed by atoms with E-state index in [1.54, 1.807) is 0 Å². The van der Waals surface area contributed by atoms with E-state index in [-0.39, 0.29) is 11.5 Å². The van der Waals surface area contributed by atoms with Gasteiger partial charge in [0.05, 0.1) is 0 Å². The summed E-state index contributed by atoms with van der Waals surface area (Å²) in [6, 6.07) is 1.77. The van der Waals surface area contributed by atoms with Crippen molar-refractivity contribution in [2.24, 2.45) is 0 Å². The standard InChI is InChI=1S/C9H8F3N/c10-6-1-2-7(11)9(12)8(6)5-3-13-4-5/h1-2,5,13H,3-4H2. The van der Waals surface area contributed by atoms with Crippen LogP contribution in [0.5, 0.6) is 0 Å². The first-order valence-corrected chi connectivity index (χ1v) is 4.04. The summed E-state index contributed by atoms with van der Waals surface area (Å²) >= 11 is 0. The molecule has 1 saturated heterocycles. The molecule has 1 nitrogen and oxygen atoms in total. The number of benzene rings is 1. The first-order valence-electron chi connectivity index (χ1n) is 4.04. The fourth-order valence-corrected chi connectivity index (χ4v) is 1.41. The minimum Gasteiger partial charge on any atom is -0.315 e.